The van der Waals surface area contributed by atoms with E-state index >= 15 is 0 Å². The second kappa shape index (κ2) is 5.14. The molecule has 0 aliphatic carbocycles. The number of hydrogen-bond acceptors (Lipinski definition) is 3. The maximum absolute atomic E-state index is 6.13. The van der Waals surface area contributed by atoms with Crippen LogP contribution in [0.5, 0.6) is 0 Å². The van der Waals surface area contributed by atoms with E-state index in [9.17, 15) is 0 Å². The van der Waals surface area contributed by atoms with Gasteiger partial charge >= 0.3 is 0 Å². The fourth-order valence-corrected chi connectivity index (χ4v) is 3.08. The van der Waals surface area contributed by atoms with E-state index in [0.29, 0.717) is 6.61 Å². The molecule has 3 nitrogen and oxygen atoms in total. The Balaban J connectivity index is 2.05. The van der Waals surface area contributed by atoms with Crippen LogP contribution >= 0.6 is 0 Å². The molecule has 1 fully saturated rings. The molecule has 0 spiro atoms. The van der Waals surface area contributed by atoms with Crippen molar-refractivity contribution in [3.63, 3.8) is 0 Å². The Morgan fingerprint density at radius 1 is 1.05 bits per heavy atom. The molecule has 0 saturated carbocycles. The molecule has 0 amide bonds. The zero-order chi connectivity index (χ0) is 14.1. The second-order valence-electron chi connectivity index (χ2n) is 6.79. The van der Waals surface area contributed by atoms with Crippen molar-refractivity contribution in [2.75, 3.05) is 5.73 Å². The molecule has 2 N–H and O–H groups in total. The predicted molar refractivity (Wildman–Crippen MR) is 79.5 cm³/mol. The number of piperidine rings is 1. The van der Waals surface area contributed by atoms with E-state index < -0.39 is 0 Å². The largest absolute Gasteiger partial charge is 0.399 e. The Bertz CT molecular complexity index is 407. The van der Waals surface area contributed by atoms with Gasteiger partial charge in [-0.1, -0.05) is 12.1 Å². The molecule has 1 aromatic rings. The van der Waals surface area contributed by atoms with Gasteiger partial charge in [-0.15, -0.1) is 0 Å². The van der Waals surface area contributed by atoms with Gasteiger partial charge in [0, 0.05) is 16.8 Å². The Kier molecular flexibility index (Phi) is 3.88. The van der Waals surface area contributed by atoms with Gasteiger partial charge in [0.25, 0.3) is 0 Å². The molecule has 0 aromatic heterocycles. The maximum atomic E-state index is 6.13. The fourth-order valence-electron chi connectivity index (χ4n) is 3.08. The number of nitrogen functional groups attached to an aromatic ring is 1. The van der Waals surface area contributed by atoms with Crippen LogP contribution in [0.2, 0.25) is 0 Å². The summed E-state index contributed by atoms with van der Waals surface area (Å²) < 4.78 is 0. The smallest absolute Gasteiger partial charge is 0.0936 e. The van der Waals surface area contributed by atoms with Gasteiger partial charge < -0.3 is 5.73 Å². The van der Waals surface area contributed by atoms with Crippen LogP contribution in [0.25, 0.3) is 0 Å². The van der Waals surface area contributed by atoms with E-state index in [1.807, 2.05) is 24.3 Å². The normalized spacial score (nSPS) is 22.3. The quantitative estimate of drug-likeness (QED) is 0.843. The minimum absolute atomic E-state index is 0.0928. The van der Waals surface area contributed by atoms with E-state index in [2.05, 4.69) is 32.8 Å². The molecule has 3 heteroatoms. The summed E-state index contributed by atoms with van der Waals surface area (Å²) in [5.74, 6) is 0. The van der Waals surface area contributed by atoms with Crippen LogP contribution in [0.1, 0.15) is 52.5 Å². The van der Waals surface area contributed by atoms with E-state index in [0.717, 1.165) is 11.3 Å². The zero-order valence-electron chi connectivity index (χ0n) is 12.6. The summed E-state index contributed by atoms with van der Waals surface area (Å²) in [6.07, 6.45) is 3.62. The molecular formula is C16H26N2O. The molecule has 0 radical (unpaired) electrons. The summed E-state index contributed by atoms with van der Waals surface area (Å²) in [4.78, 5) is 6.13. The van der Waals surface area contributed by atoms with Crippen molar-refractivity contribution >= 4 is 5.69 Å². The van der Waals surface area contributed by atoms with Gasteiger partial charge in [0.1, 0.15) is 0 Å². The van der Waals surface area contributed by atoms with Crippen LogP contribution in [-0.2, 0) is 11.4 Å². The number of hydrogen-bond donors (Lipinski definition) is 1. The van der Waals surface area contributed by atoms with Gasteiger partial charge in [0.2, 0.25) is 0 Å². The molecule has 2 rings (SSSR count). The molecule has 0 unspecified atom stereocenters. The summed E-state index contributed by atoms with van der Waals surface area (Å²) in [5.41, 5.74) is 7.84. The van der Waals surface area contributed by atoms with E-state index in [-0.39, 0.29) is 11.1 Å². The summed E-state index contributed by atoms with van der Waals surface area (Å²) in [6, 6.07) is 7.90. The van der Waals surface area contributed by atoms with Gasteiger partial charge in [-0.05, 0) is 64.7 Å². The number of benzene rings is 1. The molecule has 0 atom stereocenters. The number of nitrogens with zero attached hydrogens (tertiary/aromatic N) is 1. The van der Waals surface area contributed by atoms with Crippen molar-refractivity contribution in [2.24, 2.45) is 0 Å². The van der Waals surface area contributed by atoms with Gasteiger partial charge in [0.05, 0.1) is 6.61 Å². The third-order valence-corrected chi connectivity index (χ3v) is 4.02. The first kappa shape index (κ1) is 14.4. The highest BCUT2D eigenvalue weighted by molar-refractivity contribution is 5.39. The number of rotatable bonds is 3. The molecule has 1 saturated heterocycles. The van der Waals surface area contributed by atoms with Crippen molar-refractivity contribution in [3.8, 4) is 0 Å². The number of anilines is 1. The third-order valence-electron chi connectivity index (χ3n) is 4.02. The lowest BCUT2D eigenvalue weighted by Crippen LogP contribution is -2.58. The first-order valence-corrected chi connectivity index (χ1v) is 7.09. The molecule has 1 aliphatic heterocycles. The van der Waals surface area contributed by atoms with Crippen LogP contribution in [0.3, 0.4) is 0 Å². The van der Waals surface area contributed by atoms with Gasteiger partial charge in [-0.25, -0.2) is 0 Å². The molecule has 1 aliphatic rings. The average Bonchev–Trinajstić information content (AvgIpc) is 2.29. The highest BCUT2D eigenvalue weighted by Crippen LogP contribution is 2.38. The minimum atomic E-state index is 0.0928. The van der Waals surface area contributed by atoms with Crippen molar-refractivity contribution in [1.82, 2.24) is 5.06 Å². The molecule has 1 aromatic carbocycles. The molecule has 106 valence electrons. The summed E-state index contributed by atoms with van der Waals surface area (Å²) in [7, 11) is 0. The SMILES string of the molecule is CC1(C)CCCC(C)(C)N1OCc1ccc(N)cc1. The van der Waals surface area contributed by atoms with Crippen molar-refractivity contribution in [1.29, 1.82) is 0 Å². The highest BCUT2D eigenvalue weighted by atomic mass is 16.7. The standard InChI is InChI=1S/C16H26N2O/c1-15(2)10-5-11-16(3,4)18(15)19-12-13-6-8-14(17)9-7-13/h6-9H,5,10-12,17H2,1-4H3. The lowest BCUT2D eigenvalue weighted by atomic mass is 9.82. The van der Waals surface area contributed by atoms with Crippen LogP contribution in [0.4, 0.5) is 5.69 Å². The lowest BCUT2D eigenvalue weighted by Gasteiger charge is -2.51. The third kappa shape index (κ3) is 3.28. The van der Waals surface area contributed by atoms with E-state index in [1.54, 1.807) is 0 Å². The number of hydroxylamine groups is 2. The monoisotopic (exact) mass is 262 g/mol. The van der Waals surface area contributed by atoms with E-state index in [4.69, 9.17) is 10.6 Å². The number of nitrogens with two attached hydrogens (primary N) is 1. The first-order chi connectivity index (χ1) is 8.81. The van der Waals surface area contributed by atoms with Crippen molar-refractivity contribution < 1.29 is 4.84 Å². The topological polar surface area (TPSA) is 38.5 Å². The Morgan fingerprint density at radius 3 is 2.11 bits per heavy atom. The summed E-state index contributed by atoms with van der Waals surface area (Å²) in [5, 5.41) is 2.19. The van der Waals surface area contributed by atoms with Gasteiger partial charge in [-0.3, -0.25) is 4.84 Å². The minimum Gasteiger partial charge on any atom is -0.399 e. The van der Waals surface area contributed by atoms with E-state index in [1.165, 1.54) is 19.3 Å². The molecular weight excluding hydrogens is 236 g/mol. The van der Waals surface area contributed by atoms with Crippen LogP contribution in [0, 0.1) is 0 Å². The predicted octanol–water partition coefficient (Wildman–Crippen LogP) is 3.74. The van der Waals surface area contributed by atoms with Crippen molar-refractivity contribution in [2.45, 2.75) is 64.6 Å². The Hall–Kier alpha value is -1.06. The fraction of sp³-hybridized carbons (Fsp3) is 0.625. The molecule has 1 heterocycles. The summed E-state index contributed by atoms with van der Waals surface area (Å²) in [6.45, 7) is 9.65. The van der Waals surface area contributed by atoms with Gasteiger partial charge in [-0.2, -0.15) is 5.06 Å². The Morgan fingerprint density at radius 2 is 1.58 bits per heavy atom. The van der Waals surface area contributed by atoms with Crippen LogP contribution in [0.15, 0.2) is 24.3 Å². The first-order valence-electron chi connectivity index (χ1n) is 7.09. The molecule has 19 heavy (non-hydrogen) atoms. The maximum Gasteiger partial charge on any atom is 0.0936 e. The average molecular weight is 262 g/mol. The molecule has 0 bridgehead atoms. The van der Waals surface area contributed by atoms with Gasteiger partial charge in [0.15, 0.2) is 0 Å². The lowest BCUT2D eigenvalue weighted by molar-refractivity contribution is -0.288. The Labute approximate surface area is 116 Å². The van der Waals surface area contributed by atoms with Crippen LogP contribution in [-0.4, -0.2) is 16.1 Å². The summed E-state index contributed by atoms with van der Waals surface area (Å²) >= 11 is 0. The second-order valence-corrected chi connectivity index (χ2v) is 6.79. The van der Waals surface area contributed by atoms with Crippen molar-refractivity contribution in [3.05, 3.63) is 29.8 Å². The highest BCUT2D eigenvalue weighted by Gasteiger charge is 2.42. The van der Waals surface area contributed by atoms with Crippen LogP contribution < -0.4 is 5.73 Å². The zero-order valence-corrected chi connectivity index (χ0v) is 12.6.